The zero-order valence-electron chi connectivity index (χ0n) is 6.21. The Labute approximate surface area is 69.9 Å². The van der Waals surface area contributed by atoms with Gasteiger partial charge in [-0.15, -0.1) is 0 Å². The predicted molar refractivity (Wildman–Crippen MR) is 43.8 cm³/mol. The molecule has 1 amide bonds. The van der Waals surface area contributed by atoms with Crippen molar-refractivity contribution in [3.63, 3.8) is 0 Å². The fourth-order valence-electron chi connectivity index (χ4n) is 1.51. The number of alkyl carbamates (subject to hydrolysis) is 1. The van der Waals surface area contributed by atoms with Crippen molar-refractivity contribution in [3.05, 3.63) is 0 Å². The lowest BCUT2D eigenvalue weighted by molar-refractivity contribution is 0.138. The summed E-state index contributed by atoms with van der Waals surface area (Å²) in [5, 5.41) is 3.22. The van der Waals surface area contributed by atoms with Gasteiger partial charge in [-0.3, -0.25) is 0 Å². The van der Waals surface area contributed by atoms with Crippen LogP contribution in [0.1, 0.15) is 12.8 Å². The third-order valence-corrected chi connectivity index (χ3v) is 3.58. The molecule has 11 heavy (non-hydrogen) atoms. The number of nitrogens with one attached hydrogen (secondary N) is 1. The smallest absolute Gasteiger partial charge is 0.407 e. The van der Waals surface area contributed by atoms with Crippen LogP contribution < -0.4 is 5.32 Å². The van der Waals surface area contributed by atoms with Crippen LogP contribution in [0.2, 0.25) is 0 Å². The van der Waals surface area contributed by atoms with Crippen molar-refractivity contribution in [1.29, 1.82) is 0 Å². The van der Waals surface area contributed by atoms with Crippen molar-refractivity contribution in [2.24, 2.45) is 0 Å². The quantitative estimate of drug-likeness (QED) is 0.642. The largest absolute Gasteiger partial charge is 0.443 e. The first-order valence-corrected chi connectivity index (χ1v) is 4.97. The van der Waals surface area contributed by atoms with E-state index in [0.29, 0.717) is 11.8 Å². The van der Waals surface area contributed by atoms with Gasteiger partial charge in [-0.25, -0.2) is 4.79 Å². The lowest BCUT2D eigenvalue weighted by Crippen LogP contribution is -2.24. The monoisotopic (exact) mass is 173 g/mol. The number of hydrogen-bond acceptors (Lipinski definition) is 3. The molecule has 62 valence electrons. The molecule has 0 spiro atoms. The molecule has 2 heterocycles. The highest BCUT2D eigenvalue weighted by atomic mass is 32.2. The second kappa shape index (κ2) is 2.93. The van der Waals surface area contributed by atoms with Crippen molar-refractivity contribution in [2.75, 3.05) is 12.3 Å². The van der Waals surface area contributed by atoms with E-state index in [2.05, 4.69) is 5.32 Å². The van der Waals surface area contributed by atoms with E-state index in [4.69, 9.17) is 4.74 Å². The normalized spacial score (nSPS) is 36.9. The molecule has 0 aromatic heterocycles. The number of thioether (sulfide) groups is 1. The number of rotatable bonds is 1. The molecule has 2 saturated heterocycles. The van der Waals surface area contributed by atoms with Gasteiger partial charge in [0.25, 0.3) is 0 Å². The van der Waals surface area contributed by atoms with E-state index in [1.807, 2.05) is 11.8 Å². The molecule has 2 rings (SSSR count). The number of carbonyl (C=O) groups excluding carboxylic acids is 1. The van der Waals surface area contributed by atoms with E-state index < -0.39 is 0 Å². The van der Waals surface area contributed by atoms with Gasteiger partial charge in [-0.1, -0.05) is 0 Å². The van der Waals surface area contributed by atoms with Crippen LogP contribution >= 0.6 is 11.8 Å². The maximum Gasteiger partial charge on any atom is 0.407 e. The zero-order chi connectivity index (χ0) is 7.68. The van der Waals surface area contributed by atoms with Crippen molar-refractivity contribution >= 4 is 17.9 Å². The van der Waals surface area contributed by atoms with Crippen LogP contribution in [0, 0.1) is 0 Å². The molecule has 2 aliphatic rings. The summed E-state index contributed by atoms with van der Waals surface area (Å²) in [7, 11) is 0. The van der Waals surface area contributed by atoms with E-state index >= 15 is 0 Å². The summed E-state index contributed by atoms with van der Waals surface area (Å²) in [5.41, 5.74) is 0. The molecular formula is C7H11NO2S. The van der Waals surface area contributed by atoms with Gasteiger partial charge >= 0.3 is 6.09 Å². The molecule has 2 fully saturated rings. The van der Waals surface area contributed by atoms with E-state index in [-0.39, 0.29) is 12.2 Å². The van der Waals surface area contributed by atoms with E-state index in [1.165, 1.54) is 18.6 Å². The predicted octanol–water partition coefficient (Wildman–Crippen LogP) is 0.990. The van der Waals surface area contributed by atoms with Gasteiger partial charge < -0.3 is 10.1 Å². The SMILES string of the molecule is O=C1NCC(C2CCCS2)O1. The molecule has 3 nitrogen and oxygen atoms in total. The third kappa shape index (κ3) is 1.45. The minimum Gasteiger partial charge on any atom is -0.443 e. The van der Waals surface area contributed by atoms with Crippen LogP contribution in [0.15, 0.2) is 0 Å². The van der Waals surface area contributed by atoms with Crippen LogP contribution in [-0.4, -0.2) is 29.7 Å². The lowest BCUT2D eigenvalue weighted by atomic mass is 10.2. The van der Waals surface area contributed by atoms with Crippen LogP contribution in [0.5, 0.6) is 0 Å². The first kappa shape index (κ1) is 7.28. The molecule has 1 N–H and O–H groups in total. The average molecular weight is 173 g/mol. The van der Waals surface area contributed by atoms with Crippen molar-refractivity contribution < 1.29 is 9.53 Å². The fourth-order valence-corrected chi connectivity index (χ4v) is 2.84. The molecule has 0 aliphatic carbocycles. The van der Waals surface area contributed by atoms with Crippen LogP contribution in [0.25, 0.3) is 0 Å². The summed E-state index contributed by atoms with van der Waals surface area (Å²) in [6, 6.07) is 0. The molecule has 0 bridgehead atoms. The van der Waals surface area contributed by atoms with Gasteiger partial charge in [0.05, 0.1) is 6.54 Å². The summed E-state index contributed by atoms with van der Waals surface area (Å²) < 4.78 is 5.07. The van der Waals surface area contributed by atoms with Crippen molar-refractivity contribution in [3.8, 4) is 0 Å². The minimum atomic E-state index is -0.248. The number of hydrogen-bond donors (Lipinski definition) is 1. The summed E-state index contributed by atoms with van der Waals surface area (Å²) in [5.74, 6) is 1.22. The Morgan fingerprint density at radius 2 is 2.55 bits per heavy atom. The molecule has 2 atom stereocenters. The number of ether oxygens (including phenoxy) is 1. The zero-order valence-corrected chi connectivity index (χ0v) is 7.02. The van der Waals surface area contributed by atoms with Gasteiger partial charge in [0.15, 0.2) is 0 Å². The van der Waals surface area contributed by atoms with Gasteiger partial charge in [0, 0.05) is 5.25 Å². The summed E-state index contributed by atoms with van der Waals surface area (Å²) in [4.78, 5) is 10.7. The summed E-state index contributed by atoms with van der Waals surface area (Å²) >= 11 is 1.92. The van der Waals surface area contributed by atoms with Gasteiger partial charge in [0.2, 0.25) is 0 Å². The Morgan fingerprint density at radius 3 is 3.09 bits per heavy atom. The minimum absolute atomic E-state index is 0.134. The van der Waals surface area contributed by atoms with E-state index in [1.54, 1.807) is 0 Å². The Morgan fingerprint density at radius 1 is 1.64 bits per heavy atom. The molecule has 2 unspecified atom stereocenters. The standard InChI is InChI=1S/C7H11NO2S/c9-7-8-4-5(10-7)6-2-1-3-11-6/h5-6H,1-4H2,(H,8,9). The van der Waals surface area contributed by atoms with E-state index in [9.17, 15) is 4.79 Å². The topological polar surface area (TPSA) is 38.3 Å². The Hall–Kier alpha value is -0.380. The lowest BCUT2D eigenvalue weighted by Gasteiger charge is -2.13. The average Bonchev–Trinajstić information content (AvgIpc) is 2.55. The first-order chi connectivity index (χ1) is 5.36. The highest BCUT2D eigenvalue weighted by Gasteiger charge is 2.32. The molecule has 2 aliphatic heterocycles. The highest BCUT2D eigenvalue weighted by Crippen LogP contribution is 2.30. The maximum atomic E-state index is 10.7. The van der Waals surface area contributed by atoms with E-state index in [0.717, 1.165) is 0 Å². The molecule has 0 aromatic rings. The number of amides is 1. The van der Waals surface area contributed by atoms with Crippen LogP contribution in [0.4, 0.5) is 4.79 Å². The van der Waals surface area contributed by atoms with Crippen molar-refractivity contribution in [1.82, 2.24) is 5.32 Å². The Bertz CT molecular complexity index is 168. The highest BCUT2D eigenvalue weighted by molar-refractivity contribution is 8.00. The van der Waals surface area contributed by atoms with Crippen LogP contribution in [-0.2, 0) is 4.74 Å². The molecule has 0 radical (unpaired) electrons. The number of cyclic esters (lactones) is 1. The van der Waals surface area contributed by atoms with Gasteiger partial charge in [-0.05, 0) is 18.6 Å². The Kier molecular flexibility index (Phi) is 1.94. The molecular weight excluding hydrogens is 162 g/mol. The van der Waals surface area contributed by atoms with Crippen LogP contribution in [0.3, 0.4) is 0 Å². The molecule has 4 heteroatoms. The van der Waals surface area contributed by atoms with Crippen molar-refractivity contribution in [2.45, 2.75) is 24.2 Å². The second-order valence-corrected chi connectivity index (χ2v) is 4.22. The number of carbonyl (C=O) groups is 1. The fraction of sp³-hybridized carbons (Fsp3) is 0.857. The molecule has 0 saturated carbocycles. The van der Waals surface area contributed by atoms with Gasteiger partial charge in [-0.2, -0.15) is 11.8 Å². The third-order valence-electron chi connectivity index (χ3n) is 2.09. The maximum absolute atomic E-state index is 10.7. The first-order valence-electron chi connectivity index (χ1n) is 3.92. The molecule has 0 aromatic carbocycles. The summed E-state index contributed by atoms with van der Waals surface area (Å²) in [6.45, 7) is 0.705. The second-order valence-electron chi connectivity index (χ2n) is 2.88. The summed E-state index contributed by atoms with van der Waals surface area (Å²) in [6.07, 6.45) is 2.35. The Balaban J connectivity index is 1.90. The van der Waals surface area contributed by atoms with Gasteiger partial charge in [0.1, 0.15) is 6.10 Å².